The molecule has 3 heterocycles. The maximum Gasteiger partial charge on any atom is 0.279 e. The summed E-state index contributed by atoms with van der Waals surface area (Å²) in [5, 5.41) is 5.17. The number of fused-ring (bicyclic) bond motifs is 1. The highest BCUT2D eigenvalue weighted by molar-refractivity contribution is 7.17. The van der Waals surface area contributed by atoms with E-state index in [1.54, 1.807) is 36.1 Å². The monoisotopic (exact) mass is 481 g/mol. The SMILES string of the molecule is COc1nn(C)c2nc(C)c(CCC(=O)NNC(=O)c3ccc(-c4ccc(F)cc4)s3)c(C)c12. The highest BCUT2D eigenvalue weighted by Gasteiger charge is 2.19. The summed E-state index contributed by atoms with van der Waals surface area (Å²) in [5.74, 6) is -0.555. The summed E-state index contributed by atoms with van der Waals surface area (Å²) in [4.78, 5) is 30.7. The zero-order valence-electron chi connectivity index (χ0n) is 19.2. The summed E-state index contributed by atoms with van der Waals surface area (Å²) in [5.41, 5.74) is 9.20. The van der Waals surface area contributed by atoms with Crippen LogP contribution in [0.25, 0.3) is 21.5 Å². The van der Waals surface area contributed by atoms with Crippen molar-refractivity contribution in [2.24, 2.45) is 7.05 Å². The number of carbonyl (C=O) groups excluding carboxylic acids is 2. The molecule has 176 valence electrons. The fraction of sp³-hybridized carbons (Fsp3) is 0.250. The number of rotatable bonds is 6. The third kappa shape index (κ3) is 4.62. The van der Waals surface area contributed by atoms with Crippen molar-refractivity contribution in [1.82, 2.24) is 25.6 Å². The first-order valence-electron chi connectivity index (χ1n) is 10.6. The third-order valence-corrected chi connectivity index (χ3v) is 6.73. The Labute approximate surface area is 199 Å². The van der Waals surface area contributed by atoms with Gasteiger partial charge in [0.15, 0.2) is 5.65 Å². The average Bonchev–Trinajstić information content (AvgIpc) is 3.43. The molecule has 0 bridgehead atoms. The number of amides is 2. The fourth-order valence-electron chi connectivity index (χ4n) is 3.83. The van der Waals surface area contributed by atoms with E-state index in [0.717, 1.165) is 38.3 Å². The van der Waals surface area contributed by atoms with Crippen LogP contribution in [0, 0.1) is 19.7 Å². The van der Waals surface area contributed by atoms with Crippen molar-refractivity contribution < 1.29 is 18.7 Å². The second-order valence-corrected chi connectivity index (χ2v) is 8.89. The largest absolute Gasteiger partial charge is 0.479 e. The van der Waals surface area contributed by atoms with Crippen molar-refractivity contribution in [1.29, 1.82) is 0 Å². The van der Waals surface area contributed by atoms with E-state index in [2.05, 4.69) is 20.9 Å². The van der Waals surface area contributed by atoms with E-state index >= 15 is 0 Å². The van der Waals surface area contributed by atoms with E-state index in [-0.39, 0.29) is 18.1 Å². The summed E-state index contributed by atoms with van der Waals surface area (Å²) in [6.07, 6.45) is 0.622. The lowest BCUT2D eigenvalue weighted by Gasteiger charge is -2.11. The highest BCUT2D eigenvalue weighted by atomic mass is 32.1. The Morgan fingerprint density at radius 2 is 1.85 bits per heavy atom. The molecule has 0 fully saturated rings. The van der Waals surface area contributed by atoms with Gasteiger partial charge in [0.1, 0.15) is 5.82 Å². The number of benzene rings is 1. The van der Waals surface area contributed by atoms with Crippen LogP contribution in [0.1, 0.15) is 32.9 Å². The number of aromatic nitrogens is 3. The van der Waals surface area contributed by atoms with Gasteiger partial charge in [-0.15, -0.1) is 16.4 Å². The van der Waals surface area contributed by atoms with Crippen LogP contribution in [0.15, 0.2) is 36.4 Å². The lowest BCUT2D eigenvalue weighted by molar-refractivity contribution is -0.121. The quantitative estimate of drug-likeness (QED) is 0.408. The number of methoxy groups -OCH3 is 1. The molecule has 0 spiro atoms. The maximum absolute atomic E-state index is 13.1. The van der Waals surface area contributed by atoms with Crippen LogP contribution in [0.4, 0.5) is 4.39 Å². The van der Waals surface area contributed by atoms with Crippen LogP contribution in [-0.2, 0) is 18.3 Å². The van der Waals surface area contributed by atoms with Crippen molar-refractivity contribution >= 4 is 34.2 Å². The molecule has 2 N–H and O–H groups in total. The number of halogens is 1. The topological polar surface area (TPSA) is 98.1 Å². The van der Waals surface area contributed by atoms with Gasteiger partial charge in [0.05, 0.1) is 17.4 Å². The number of carbonyl (C=O) groups is 2. The van der Waals surface area contributed by atoms with Crippen LogP contribution in [0.2, 0.25) is 0 Å². The minimum atomic E-state index is -0.415. The minimum absolute atomic E-state index is 0.170. The number of nitrogens with one attached hydrogen (secondary N) is 2. The number of thiophene rings is 1. The van der Waals surface area contributed by atoms with Gasteiger partial charge in [-0.2, -0.15) is 0 Å². The molecule has 0 aliphatic heterocycles. The Kier molecular flexibility index (Phi) is 6.60. The van der Waals surface area contributed by atoms with Crippen LogP contribution in [-0.4, -0.2) is 33.7 Å². The van der Waals surface area contributed by atoms with Crippen LogP contribution >= 0.6 is 11.3 Å². The van der Waals surface area contributed by atoms with Gasteiger partial charge in [-0.3, -0.25) is 20.4 Å². The van der Waals surface area contributed by atoms with Gasteiger partial charge < -0.3 is 4.74 Å². The number of hydrogen-bond acceptors (Lipinski definition) is 6. The summed E-state index contributed by atoms with van der Waals surface area (Å²) in [6, 6.07) is 9.51. The van der Waals surface area contributed by atoms with Gasteiger partial charge in [0.2, 0.25) is 11.8 Å². The van der Waals surface area contributed by atoms with Crippen LogP contribution in [0.5, 0.6) is 5.88 Å². The molecule has 10 heteroatoms. The molecule has 1 aromatic carbocycles. The first kappa shape index (κ1) is 23.4. The van der Waals surface area contributed by atoms with Crippen molar-refractivity contribution in [3.05, 3.63) is 63.9 Å². The van der Waals surface area contributed by atoms with Gasteiger partial charge in [-0.05, 0) is 61.2 Å². The minimum Gasteiger partial charge on any atom is -0.479 e. The van der Waals surface area contributed by atoms with Gasteiger partial charge in [0, 0.05) is 24.0 Å². The zero-order chi connectivity index (χ0) is 24.4. The average molecular weight is 482 g/mol. The molecule has 0 aliphatic rings. The van der Waals surface area contributed by atoms with Crippen LogP contribution < -0.4 is 15.6 Å². The Morgan fingerprint density at radius 3 is 2.56 bits per heavy atom. The van der Waals surface area contributed by atoms with Gasteiger partial charge in [0.25, 0.3) is 5.91 Å². The molecule has 4 rings (SSSR count). The molecule has 0 radical (unpaired) electrons. The third-order valence-electron chi connectivity index (χ3n) is 5.59. The molecule has 0 aliphatic carbocycles. The van der Waals surface area contributed by atoms with Crippen molar-refractivity contribution in [3.63, 3.8) is 0 Å². The molecule has 4 aromatic rings. The number of nitrogens with zero attached hydrogens (tertiary/aromatic N) is 3. The van der Waals surface area contributed by atoms with Crippen molar-refractivity contribution in [2.75, 3.05) is 7.11 Å². The molecule has 0 saturated carbocycles. The molecule has 34 heavy (non-hydrogen) atoms. The molecule has 3 aromatic heterocycles. The maximum atomic E-state index is 13.1. The number of hydrazine groups is 1. The predicted molar refractivity (Wildman–Crippen MR) is 128 cm³/mol. The van der Waals surface area contributed by atoms with E-state index in [1.807, 2.05) is 20.9 Å². The van der Waals surface area contributed by atoms with E-state index in [1.165, 1.54) is 23.5 Å². The smallest absolute Gasteiger partial charge is 0.279 e. The number of hydrogen-bond donors (Lipinski definition) is 2. The Hall–Kier alpha value is -3.79. The number of pyridine rings is 1. The van der Waals surface area contributed by atoms with Crippen molar-refractivity contribution in [2.45, 2.75) is 26.7 Å². The molecular formula is C24H24FN5O3S. The molecular weight excluding hydrogens is 457 g/mol. The van der Waals surface area contributed by atoms with Crippen molar-refractivity contribution in [3.8, 4) is 16.3 Å². The second-order valence-electron chi connectivity index (χ2n) is 7.81. The zero-order valence-corrected chi connectivity index (χ0v) is 20.0. The fourth-order valence-corrected chi connectivity index (χ4v) is 4.73. The number of aryl methyl sites for hydroxylation is 3. The van der Waals surface area contributed by atoms with E-state index in [9.17, 15) is 14.0 Å². The van der Waals surface area contributed by atoms with E-state index < -0.39 is 5.91 Å². The Morgan fingerprint density at radius 1 is 1.12 bits per heavy atom. The van der Waals surface area contributed by atoms with E-state index in [4.69, 9.17) is 4.74 Å². The van der Waals surface area contributed by atoms with E-state index in [0.29, 0.717) is 17.2 Å². The standard InChI is InChI=1S/C24H24FN5O3S/c1-13-17(14(2)26-22-21(13)24(33-4)29-30(22)3)9-12-20(31)27-28-23(32)19-11-10-18(34-19)15-5-7-16(25)8-6-15/h5-8,10-11H,9,12H2,1-4H3,(H,27,31)(H,28,32). The molecule has 0 unspecified atom stereocenters. The summed E-state index contributed by atoms with van der Waals surface area (Å²) in [7, 11) is 3.37. The predicted octanol–water partition coefficient (Wildman–Crippen LogP) is 3.86. The normalized spacial score (nSPS) is 11.0. The Bertz CT molecular complexity index is 1380. The number of ether oxygens (including phenoxy) is 1. The molecule has 8 nitrogen and oxygen atoms in total. The van der Waals surface area contributed by atoms with Gasteiger partial charge >= 0.3 is 0 Å². The summed E-state index contributed by atoms with van der Waals surface area (Å²) in [6.45, 7) is 3.86. The van der Waals surface area contributed by atoms with Gasteiger partial charge in [-0.25, -0.2) is 14.1 Å². The highest BCUT2D eigenvalue weighted by Crippen LogP contribution is 2.30. The summed E-state index contributed by atoms with van der Waals surface area (Å²) < 4.78 is 20.2. The molecule has 0 atom stereocenters. The van der Waals surface area contributed by atoms with Gasteiger partial charge in [-0.1, -0.05) is 12.1 Å². The first-order valence-corrected chi connectivity index (χ1v) is 11.4. The van der Waals surface area contributed by atoms with Crippen LogP contribution in [0.3, 0.4) is 0 Å². The molecule has 0 saturated heterocycles. The first-order chi connectivity index (χ1) is 16.3. The summed E-state index contributed by atoms with van der Waals surface area (Å²) >= 11 is 1.26. The second kappa shape index (κ2) is 9.60. The lowest BCUT2D eigenvalue weighted by Crippen LogP contribution is -2.41. The lowest BCUT2D eigenvalue weighted by atomic mass is 10.00. The Balaban J connectivity index is 1.37. The molecule has 2 amide bonds.